The molecule has 0 saturated carbocycles. The van der Waals surface area contributed by atoms with Crippen molar-refractivity contribution in [1.29, 1.82) is 0 Å². The van der Waals surface area contributed by atoms with Gasteiger partial charge in [-0.25, -0.2) is 4.79 Å². The third-order valence-corrected chi connectivity index (χ3v) is 3.21. The molecule has 2 heterocycles. The molecule has 6 heteroatoms. The third kappa shape index (κ3) is 3.29. The van der Waals surface area contributed by atoms with Crippen molar-refractivity contribution in [2.45, 2.75) is 31.4 Å². The number of amides is 1. The molecule has 1 aromatic heterocycles. The number of β-amino-alcohol motifs (C(OH)–C–C–N with tert-alkyl or cyclic N) is 1. The molecule has 1 fully saturated rings. The van der Waals surface area contributed by atoms with E-state index < -0.39 is 18.1 Å². The number of carboxylic acid groups (broad SMARTS) is 1. The summed E-state index contributed by atoms with van der Waals surface area (Å²) >= 11 is 0. The summed E-state index contributed by atoms with van der Waals surface area (Å²) in [6.45, 7) is 0.0953. The van der Waals surface area contributed by atoms with Crippen molar-refractivity contribution in [3.8, 4) is 0 Å². The number of carbonyl (C=O) groups is 2. The van der Waals surface area contributed by atoms with Crippen LogP contribution in [0.4, 0.5) is 0 Å². The third-order valence-electron chi connectivity index (χ3n) is 3.21. The van der Waals surface area contributed by atoms with E-state index in [4.69, 9.17) is 5.11 Å². The number of rotatable bonds is 4. The van der Waals surface area contributed by atoms with Crippen LogP contribution in [0.1, 0.15) is 18.5 Å². The van der Waals surface area contributed by atoms with Gasteiger partial charge >= 0.3 is 5.97 Å². The van der Waals surface area contributed by atoms with Crippen LogP contribution in [0.25, 0.3) is 0 Å². The van der Waals surface area contributed by atoms with E-state index in [0.29, 0.717) is 6.42 Å². The normalized spacial score (nSPS) is 22.5. The number of likely N-dealkylation sites (tertiary alicyclic amines) is 1. The Balaban J connectivity index is 1.94. The quantitative estimate of drug-likeness (QED) is 0.802. The fraction of sp³-hybridized carbons (Fsp3) is 0.462. The van der Waals surface area contributed by atoms with Crippen LogP contribution in [0.2, 0.25) is 0 Å². The lowest BCUT2D eigenvalue weighted by Gasteiger charge is -2.20. The molecule has 1 saturated heterocycles. The number of aromatic nitrogens is 1. The lowest BCUT2D eigenvalue weighted by Crippen LogP contribution is -2.40. The highest BCUT2D eigenvalue weighted by Gasteiger charge is 2.38. The van der Waals surface area contributed by atoms with Crippen molar-refractivity contribution in [1.82, 2.24) is 9.88 Å². The second-order valence-electron chi connectivity index (χ2n) is 4.61. The molecule has 19 heavy (non-hydrogen) atoms. The summed E-state index contributed by atoms with van der Waals surface area (Å²) in [6, 6.07) is 4.54. The Bertz CT molecular complexity index is 463. The summed E-state index contributed by atoms with van der Waals surface area (Å²) < 4.78 is 0. The molecule has 1 aromatic rings. The monoisotopic (exact) mass is 264 g/mol. The molecule has 2 N–H and O–H groups in total. The number of carboxylic acids is 1. The predicted molar refractivity (Wildman–Crippen MR) is 66.3 cm³/mol. The zero-order valence-corrected chi connectivity index (χ0v) is 10.4. The Morgan fingerprint density at radius 1 is 1.42 bits per heavy atom. The van der Waals surface area contributed by atoms with Crippen molar-refractivity contribution in [2.75, 3.05) is 6.54 Å². The summed E-state index contributed by atoms with van der Waals surface area (Å²) in [5.74, 6) is -1.32. The van der Waals surface area contributed by atoms with Gasteiger partial charge in [-0.2, -0.15) is 0 Å². The summed E-state index contributed by atoms with van der Waals surface area (Å²) in [7, 11) is 0. The van der Waals surface area contributed by atoms with Gasteiger partial charge in [-0.1, -0.05) is 6.07 Å². The number of nitrogens with zero attached hydrogens (tertiary/aromatic N) is 2. The second kappa shape index (κ2) is 5.79. The molecule has 102 valence electrons. The number of aryl methyl sites for hydroxylation is 1. The Morgan fingerprint density at radius 3 is 2.84 bits per heavy atom. The predicted octanol–water partition coefficient (Wildman–Crippen LogP) is 0.0606. The molecule has 0 radical (unpaired) electrons. The molecule has 0 bridgehead atoms. The molecule has 0 unspecified atom stereocenters. The van der Waals surface area contributed by atoms with Gasteiger partial charge in [-0.15, -0.1) is 0 Å². The van der Waals surface area contributed by atoms with Gasteiger partial charge in [0.15, 0.2) is 0 Å². The van der Waals surface area contributed by atoms with Crippen LogP contribution in [0.3, 0.4) is 0 Å². The Kier molecular flexibility index (Phi) is 4.11. The molecule has 1 aliphatic heterocycles. The van der Waals surface area contributed by atoms with Gasteiger partial charge in [0.1, 0.15) is 6.04 Å². The van der Waals surface area contributed by atoms with Gasteiger partial charge in [-0.05, 0) is 18.6 Å². The zero-order valence-electron chi connectivity index (χ0n) is 10.4. The van der Waals surface area contributed by atoms with Crippen molar-refractivity contribution in [3.63, 3.8) is 0 Å². The van der Waals surface area contributed by atoms with E-state index in [1.165, 1.54) is 4.90 Å². The molecular formula is C13H16N2O4. The highest BCUT2D eigenvalue weighted by molar-refractivity contribution is 5.84. The van der Waals surface area contributed by atoms with Crippen LogP contribution in [-0.2, 0) is 16.0 Å². The average Bonchev–Trinajstić information content (AvgIpc) is 2.79. The van der Waals surface area contributed by atoms with Crippen molar-refractivity contribution in [3.05, 3.63) is 30.1 Å². The van der Waals surface area contributed by atoms with Crippen LogP contribution in [-0.4, -0.2) is 50.7 Å². The lowest BCUT2D eigenvalue weighted by molar-refractivity contribution is -0.148. The molecule has 2 rings (SSSR count). The maximum absolute atomic E-state index is 12.0. The first-order valence-corrected chi connectivity index (χ1v) is 6.18. The first kappa shape index (κ1) is 13.5. The highest BCUT2D eigenvalue weighted by Crippen LogP contribution is 2.19. The van der Waals surface area contributed by atoms with Crippen LogP contribution >= 0.6 is 0 Å². The first-order valence-electron chi connectivity index (χ1n) is 6.18. The van der Waals surface area contributed by atoms with Gasteiger partial charge in [0.25, 0.3) is 0 Å². The number of pyridine rings is 1. The van der Waals surface area contributed by atoms with Crippen LogP contribution < -0.4 is 0 Å². The van der Waals surface area contributed by atoms with E-state index in [0.717, 1.165) is 5.69 Å². The van der Waals surface area contributed by atoms with Gasteiger partial charge in [-0.3, -0.25) is 9.78 Å². The molecule has 1 aliphatic rings. The molecule has 0 aliphatic carbocycles. The zero-order chi connectivity index (χ0) is 13.8. The largest absolute Gasteiger partial charge is 0.480 e. The molecule has 0 aromatic carbocycles. The number of aliphatic carboxylic acids is 1. The van der Waals surface area contributed by atoms with Gasteiger partial charge in [0, 0.05) is 31.3 Å². The Labute approximate surface area is 110 Å². The maximum atomic E-state index is 12.0. The summed E-state index contributed by atoms with van der Waals surface area (Å²) in [4.78, 5) is 28.4. The van der Waals surface area contributed by atoms with Crippen LogP contribution in [0.15, 0.2) is 24.4 Å². The van der Waals surface area contributed by atoms with Crippen molar-refractivity contribution >= 4 is 11.9 Å². The standard InChI is InChI=1S/C13H16N2O4/c16-10-7-11(13(18)19)15(8-10)12(17)5-4-9-3-1-2-6-14-9/h1-3,6,10-11,16H,4-5,7-8H2,(H,18,19)/t10-,11-/m0/s1. The minimum absolute atomic E-state index is 0.0953. The van der Waals surface area contributed by atoms with E-state index in [-0.39, 0.29) is 25.3 Å². The number of aliphatic hydroxyl groups is 1. The smallest absolute Gasteiger partial charge is 0.326 e. The molecule has 1 amide bonds. The minimum Gasteiger partial charge on any atom is -0.480 e. The van der Waals surface area contributed by atoms with E-state index >= 15 is 0 Å². The van der Waals surface area contributed by atoms with Gasteiger partial charge < -0.3 is 15.1 Å². The van der Waals surface area contributed by atoms with Gasteiger partial charge in [0.2, 0.25) is 5.91 Å². The highest BCUT2D eigenvalue weighted by atomic mass is 16.4. The lowest BCUT2D eigenvalue weighted by atomic mass is 10.2. The van der Waals surface area contributed by atoms with Crippen molar-refractivity contribution in [2.24, 2.45) is 0 Å². The first-order chi connectivity index (χ1) is 9.08. The fourth-order valence-electron chi connectivity index (χ4n) is 2.25. The summed E-state index contributed by atoms with van der Waals surface area (Å²) in [6.07, 6.45) is 1.68. The number of hydrogen-bond acceptors (Lipinski definition) is 4. The number of hydrogen-bond donors (Lipinski definition) is 2. The number of carbonyl (C=O) groups excluding carboxylic acids is 1. The molecule has 0 spiro atoms. The minimum atomic E-state index is -1.07. The maximum Gasteiger partial charge on any atom is 0.326 e. The Morgan fingerprint density at radius 2 is 2.21 bits per heavy atom. The van der Waals surface area contributed by atoms with E-state index in [1.54, 1.807) is 12.3 Å². The van der Waals surface area contributed by atoms with E-state index in [1.807, 2.05) is 12.1 Å². The average molecular weight is 264 g/mol. The van der Waals surface area contributed by atoms with E-state index in [2.05, 4.69) is 4.98 Å². The topological polar surface area (TPSA) is 90.7 Å². The fourth-order valence-corrected chi connectivity index (χ4v) is 2.25. The van der Waals surface area contributed by atoms with Gasteiger partial charge in [0.05, 0.1) is 6.10 Å². The van der Waals surface area contributed by atoms with Crippen molar-refractivity contribution < 1.29 is 19.8 Å². The summed E-state index contributed by atoms with van der Waals surface area (Å²) in [5, 5.41) is 18.5. The van der Waals surface area contributed by atoms with Crippen LogP contribution in [0, 0.1) is 0 Å². The SMILES string of the molecule is O=C(O)[C@@H]1C[C@H](O)CN1C(=O)CCc1ccccn1. The van der Waals surface area contributed by atoms with Crippen LogP contribution in [0.5, 0.6) is 0 Å². The second-order valence-corrected chi connectivity index (χ2v) is 4.61. The molecule has 6 nitrogen and oxygen atoms in total. The molecule has 2 atom stereocenters. The molecular weight excluding hydrogens is 248 g/mol. The van der Waals surface area contributed by atoms with E-state index in [9.17, 15) is 14.7 Å². The summed E-state index contributed by atoms with van der Waals surface area (Å²) in [5.41, 5.74) is 0.794. The number of aliphatic hydroxyl groups excluding tert-OH is 1. The Hall–Kier alpha value is -1.95.